The molecule has 2 aliphatic carbocycles. The smallest absolute Gasteiger partial charge is 0.327 e. The van der Waals surface area contributed by atoms with Crippen molar-refractivity contribution >= 4 is 17.1 Å². The van der Waals surface area contributed by atoms with Crippen molar-refractivity contribution in [1.82, 2.24) is 19.9 Å². The molecule has 36 heavy (non-hydrogen) atoms. The number of rotatable bonds is 8. The predicted octanol–water partition coefficient (Wildman–Crippen LogP) is 4.87. The minimum atomic E-state index is -0.950. The van der Waals surface area contributed by atoms with E-state index in [-0.39, 0.29) is 11.2 Å². The molecule has 2 aliphatic rings. The molecule has 0 saturated heterocycles. The molecule has 4 N–H and O–H groups in total. The molecular formula is C28H36N4O4. The maximum absolute atomic E-state index is 13.2. The van der Waals surface area contributed by atoms with Gasteiger partial charge in [-0.2, -0.15) is 0 Å². The van der Waals surface area contributed by atoms with Gasteiger partial charge in [-0.3, -0.25) is 19.6 Å². The van der Waals surface area contributed by atoms with Crippen LogP contribution in [0.15, 0.2) is 39.9 Å². The number of aromatic amines is 3. The highest BCUT2D eigenvalue weighted by atomic mass is 16.4. The number of carboxylic acid groups (broad SMARTS) is 1. The van der Waals surface area contributed by atoms with E-state index >= 15 is 0 Å². The third-order valence-corrected chi connectivity index (χ3v) is 8.62. The summed E-state index contributed by atoms with van der Waals surface area (Å²) in [4.78, 5) is 50.6. The van der Waals surface area contributed by atoms with Crippen LogP contribution in [-0.4, -0.2) is 31.0 Å². The first kappa shape index (κ1) is 24.5. The lowest BCUT2D eigenvalue weighted by Crippen LogP contribution is -2.45. The zero-order valence-corrected chi connectivity index (χ0v) is 20.7. The lowest BCUT2D eigenvalue weighted by Gasteiger charge is -2.42. The fraction of sp³-hybridized carbons (Fsp3) is 0.571. The van der Waals surface area contributed by atoms with Crippen LogP contribution in [0, 0.1) is 17.8 Å². The molecule has 0 amide bonds. The maximum Gasteiger partial charge on any atom is 0.327 e. The van der Waals surface area contributed by atoms with E-state index < -0.39 is 28.6 Å². The predicted molar refractivity (Wildman–Crippen MR) is 138 cm³/mol. The van der Waals surface area contributed by atoms with Gasteiger partial charge in [0.2, 0.25) is 0 Å². The minimum absolute atomic E-state index is 0.171. The summed E-state index contributed by atoms with van der Waals surface area (Å²) in [6.45, 7) is 0. The largest absolute Gasteiger partial charge is 0.481 e. The Hall–Kier alpha value is -3.16. The molecule has 192 valence electrons. The number of hydrogen-bond acceptors (Lipinski definition) is 4. The van der Waals surface area contributed by atoms with Crippen LogP contribution in [0.1, 0.15) is 88.4 Å². The van der Waals surface area contributed by atoms with Crippen molar-refractivity contribution in [2.75, 3.05) is 0 Å². The molecule has 8 heteroatoms. The van der Waals surface area contributed by atoms with Crippen molar-refractivity contribution in [2.45, 2.75) is 82.5 Å². The monoisotopic (exact) mass is 492 g/mol. The van der Waals surface area contributed by atoms with E-state index in [4.69, 9.17) is 4.98 Å². The molecule has 0 spiro atoms. The average Bonchev–Trinajstić information content (AvgIpc) is 3.32. The topological polar surface area (TPSA) is 132 Å². The first-order chi connectivity index (χ1) is 17.5. The summed E-state index contributed by atoms with van der Waals surface area (Å²) < 4.78 is 0. The van der Waals surface area contributed by atoms with E-state index in [9.17, 15) is 19.5 Å². The normalized spacial score (nSPS) is 20.2. The molecule has 0 bridgehead atoms. The number of H-pyrrole nitrogens is 3. The lowest BCUT2D eigenvalue weighted by atomic mass is 9.60. The van der Waals surface area contributed by atoms with Crippen molar-refractivity contribution in [3.8, 4) is 0 Å². The highest BCUT2D eigenvalue weighted by Gasteiger charge is 2.50. The van der Waals surface area contributed by atoms with Gasteiger partial charge in [0.05, 0.1) is 11.3 Å². The molecule has 0 radical (unpaired) electrons. The second-order valence-electron chi connectivity index (χ2n) is 10.9. The first-order valence-electron chi connectivity index (χ1n) is 13.5. The molecule has 0 aliphatic heterocycles. The Labute approximate surface area is 210 Å². The first-order valence-corrected chi connectivity index (χ1v) is 13.5. The number of carboxylic acids is 1. The molecule has 5 rings (SSSR count). The number of fused-ring (bicyclic) bond motifs is 1. The van der Waals surface area contributed by atoms with Gasteiger partial charge >= 0.3 is 11.7 Å². The maximum atomic E-state index is 13.2. The number of benzene rings is 1. The standard InChI is InChI=1S/C28H36N4O4/c33-24-22-23(31-27(36)32-24)30-26(29-22)28(20-14-8-3-9-15-20,17-19-12-6-2-7-13-19)21(25(34)35)16-18-10-4-1-5-11-18/h3,8-9,14-15,18-19,21H,1-2,4-7,10-13,16-17H2,(H,34,35)(H3,29,30,31,32,33,36). The number of imidazole rings is 1. The van der Waals surface area contributed by atoms with E-state index in [1.54, 1.807) is 0 Å². The Balaban J connectivity index is 1.73. The fourth-order valence-electron chi connectivity index (χ4n) is 6.85. The Morgan fingerprint density at radius 2 is 1.56 bits per heavy atom. The van der Waals surface area contributed by atoms with Crippen molar-refractivity contribution in [1.29, 1.82) is 0 Å². The number of aliphatic carboxylic acids is 1. The van der Waals surface area contributed by atoms with Crippen molar-refractivity contribution in [3.05, 3.63) is 62.6 Å². The number of nitrogens with one attached hydrogen (secondary N) is 3. The molecule has 2 unspecified atom stereocenters. The van der Waals surface area contributed by atoms with Crippen molar-refractivity contribution in [3.63, 3.8) is 0 Å². The quantitative estimate of drug-likeness (QED) is 0.356. The SMILES string of the molecule is O=C(O)C(CC1CCCCC1)C(CC1CCCCC1)(c1ccccc1)c1nc2[nH]c(=O)[nH]c(=O)c2[nH]1. The summed E-state index contributed by atoms with van der Waals surface area (Å²) in [7, 11) is 0. The number of carbonyl (C=O) groups is 1. The molecule has 2 saturated carbocycles. The van der Waals surface area contributed by atoms with E-state index in [0.29, 0.717) is 30.5 Å². The summed E-state index contributed by atoms with van der Waals surface area (Å²) in [5.41, 5.74) is -0.877. The number of hydrogen-bond donors (Lipinski definition) is 4. The zero-order chi connectivity index (χ0) is 25.1. The molecule has 2 fully saturated rings. The Kier molecular flexibility index (Phi) is 7.12. The van der Waals surface area contributed by atoms with Gasteiger partial charge in [0.1, 0.15) is 11.3 Å². The van der Waals surface area contributed by atoms with Crippen LogP contribution in [0.2, 0.25) is 0 Å². The number of aromatic nitrogens is 4. The second kappa shape index (κ2) is 10.4. The highest BCUT2D eigenvalue weighted by molar-refractivity contribution is 5.75. The molecule has 1 aromatic carbocycles. The summed E-state index contributed by atoms with van der Waals surface area (Å²) in [5, 5.41) is 10.8. The average molecular weight is 493 g/mol. The molecule has 2 atom stereocenters. The van der Waals surface area contributed by atoms with Crippen LogP contribution in [0.5, 0.6) is 0 Å². The van der Waals surface area contributed by atoms with Crippen molar-refractivity contribution in [2.24, 2.45) is 17.8 Å². The van der Waals surface area contributed by atoms with Crippen LogP contribution in [0.3, 0.4) is 0 Å². The lowest BCUT2D eigenvalue weighted by molar-refractivity contribution is -0.145. The molecule has 3 aromatic rings. The Bertz CT molecular complexity index is 1300. The van der Waals surface area contributed by atoms with Gasteiger partial charge in [-0.05, 0) is 30.2 Å². The summed E-state index contributed by atoms with van der Waals surface area (Å²) in [6.07, 6.45) is 12.4. The Morgan fingerprint density at radius 1 is 0.917 bits per heavy atom. The van der Waals surface area contributed by atoms with Gasteiger partial charge in [0, 0.05) is 0 Å². The Morgan fingerprint density at radius 3 is 2.19 bits per heavy atom. The molecule has 2 aromatic heterocycles. The van der Waals surface area contributed by atoms with Crippen LogP contribution in [-0.2, 0) is 10.2 Å². The van der Waals surface area contributed by atoms with Crippen molar-refractivity contribution < 1.29 is 9.90 Å². The zero-order valence-electron chi connectivity index (χ0n) is 20.7. The summed E-state index contributed by atoms with van der Waals surface area (Å²) in [6, 6.07) is 9.83. The van der Waals surface area contributed by atoms with Gasteiger partial charge in [-0.1, -0.05) is 94.5 Å². The molecular weight excluding hydrogens is 456 g/mol. The second-order valence-corrected chi connectivity index (χ2v) is 10.9. The third kappa shape index (κ3) is 4.77. The fourth-order valence-corrected chi connectivity index (χ4v) is 6.85. The minimum Gasteiger partial charge on any atom is -0.481 e. The number of nitrogens with zero attached hydrogens (tertiary/aromatic N) is 1. The van der Waals surface area contributed by atoms with Crippen LogP contribution < -0.4 is 11.2 Å². The van der Waals surface area contributed by atoms with Crippen LogP contribution in [0.4, 0.5) is 0 Å². The van der Waals surface area contributed by atoms with Gasteiger partial charge in [0.25, 0.3) is 5.56 Å². The third-order valence-electron chi connectivity index (χ3n) is 8.62. The summed E-state index contributed by atoms with van der Waals surface area (Å²) >= 11 is 0. The van der Waals surface area contributed by atoms with Gasteiger partial charge in [0.15, 0.2) is 5.65 Å². The van der Waals surface area contributed by atoms with Gasteiger partial charge < -0.3 is 10.1 Å². The van der Waals surface area contributed by atoms with Gasteiger partial charge in [-0.25, -0.2) is 9.78 Å². The van der Waals surface area contributed by atoms with Gasteiger partial charge in [-0.15, -0.1) is 0 Å². The molecule has 2 heterocycles. The van der Waals surface area contributed by atoms with E-state index in [2.05, 4.69) is 15.0 Å². The highest BCUT2D eigenvalue weighted by Crippen LogP contribution is 2.49. The van der Waals surface area contributed by atoms with Crippen LogP contribution >= 0.6 is 0 Å². The van der Waals surface area contributed by atoms with E-state index in [1.165, 1.54) is 12.8 Å². The van der Waals surface area contributed by atoms with E-state index in [0.717, 1.165) is 56.9 Å². The summed E-state index contributed by atoms with van der Waals surface area (Å²) in [5.74, 6) is -0.371. The van der Waals surface area contributed by atoms with Crippen LogP contribution in [0.25, 0.3) is 11.2 Å². The molecule has 8 nitrogen and oxygen atoms in total. The van der Waals surface area contributed by atoms with E-state index in [1.807, 2.05) is 30.3 Å².